The number of alkyl halides is 2. The van der Waals surface area contributed by atoms with Crippen molar-refractivity contribution in [2.24, 2.45) is 0 Å². The molecule has 2 nitrogen and oxygen atoms in total. The van der Waals surface area contributed by atoms with Crippen LogP contribution in [0.1, 0.15) is 15.8 Å². The van der Waals surface area contributed by atoms with Crippen LogP contribution in [0.3, 0.4) is 0 Å². The van der Waals surface area contributed by atoms with Gasteiger partial charge in [0.05, 0.1) is 0 Å². The average Bonchev–Trinajstić information content (AvgIpc) is 2.66. The Morgan fingerprint density at radius 2 is 2.00 bits per heavy atom. The molecule has 16 heavy (non-hydrogen) atoms. The maximum absolute atomic E-state index is 13.1. The zero-order valence-corrected chi connectivity index (χ0v) is 10.1. The van der Waals surface area contributed by atoms with Crippen molar-refractivity contribution in [3.05, 3.63) is 21.9 Å². The smallest absolute Gasteiger partial charge is 0.258 e. The fourth-order valence-electron chi connectivity index (χ4n) is 2.04. The van der Waals surface area contributed by atoms with Crippen LogP contribution in [0.15, 0.2) is 12.1 Å². The van der Waals surface area contributed by atoms with Gasteiger partial charge in [0, 0.05) is 35.9 Å². The van der Waals surface area contributed by atoms with Gasteiger partial charge in [-0.2, -0.15) is 0 Å². The largest absolute Gasteiger partial charge is 0.314 e. The molecule has 1 N–H and O–H groups in total. The Balaban J connectivity index is 2.16. The topological polar surface area (TPSA) is 15.3 Å². The molecule has 0 aliphatic carbocycles. The number of nitrogens with zero attached hydrogens (tertiary/aromatic N) is 1. The number of nitrogens with one attached hydrogen (secondary N) is 1. The van der Waals surface area contributed by atoms with Crippen molar-refractivity contribution >= 4 is 11.3 Å². The second-order valence-electron chi connectivity index (χ2n) is 4.01. The van der Waals surface area contributed by atoms with Gasteiger partial charge in [-0.05, 0) is 19.1 Å². The SMILES string of the molecule is Cc1ccc([C@@H](C(F)F)N2CCNCC2)s1. The minimum Gasteiger partial charge on any atom is -0.314 e. The summed E-state index contributed by atoms with van der Waals surface area (Å²) in [5.74, 6) is 0. The van der Waals surface area contributed by atoms with Gasteiger partial charge in [0.25, 0.3) is 6.43 Å². The van der Waals surface area contributed by atoms with Crippen LogP contribution in [-0.4, -0.2) is 37.5 Å². The Morgan fingerprint density at radius 1 is 1.31 bits per heavy atom. The number of hydrogen-bond donors (Lipinski definition) is 1. The van der Waals surface area contributed by atoms with E-state index in [1.165, 1.54) is 11.3 Å². The van der Waals surface area contributed by atoms with E-state index in [1.54, 1.807) is 0 Å². The molecule has 0 saturated carbocycles. The number of thiophene rings is 1. The molecule has 1 aromatic heterocycles. The maximum Gasteiger partial charge on any atom is 0.258 e. The Labute approximate surface area is 98.3 Å². The first-order valence-corrected chi connectivity index (χ1v) is 6.29. The number of halogens is 2. The van der Waals surface area contributed by atoms with E-state index in [0.717, 1.165) is 22.8 Å². The molecule has 1 saturated heterocycles. The van der Waals surface area contributed by atoms with Gasteiger partial charge >= 0.3 is 0 Å². The lowest BCUT2D eigenvalue weighted by Crippen LogP contribution is -2.46. The summed E-state index contributed by atoms with van der Waals surface area (Å²) in [7, 11) is 0. The number of hydrogen-bond acceptors (Lipinski definition) is 3. The summed E-state index contributed by atoms with van der Waals surface area (Å²) in [4.78, 5) is 3.76. The molecule has 1 atom stereocenters. The molecule has 2 rings (SSSR count). The Bertz CT molecular complexity index is 334. The van der Waals surface area contributed by atoms with E-state index in [1.807, 2.05) is 24.0 Å². The van der Waals surface area contributed by atoms with Crippen molar-refractivity contribution in [1.29, 1.82) is 0 Å². The Morgan fingerprint density at radius 3 is 2.50 bits per heavy atom. The van der Waals surface area contributed by atoms with E-state index in [9.17, 15) is 8.78 Å². The zero-order valence-electron chi connectivity index (χ0n) is 9.25. The first-order chi connectivity index (χ1) is 7.68. The molecular weight excluding hydrogens is 230 g/mol. The minimum atomic E-state index is -2.31. The minimum absolute atomic E-state index is 0.700. The average molecular weight is 246 g/mol. The molecule has 0 aromatic carbocycles. The maximum atomic E-state index is 13.1. The van der Waals surface area contributed by atoms with E-state index in [-0.39, 0.29) is 0 Å². The standard InChI is InChI=1S/C11H16F2N2S/c1-8-2-3-9(16-8)10(11(12)13)15-6-4-14-5-7-15/h2-3,10-11,14H,4-7H2,1H3/t10-/m0/s1. The van der Waals surface area contributed by atoms with Crippen LogP contribution in [0, 0.1) is 6.92 Å². The first kappa shape index (κ1) is 12.0. The van der Waals surface area contributed by atoms with Crippen molar-refractivity contribution in [1.82, 2.24) is 10.2 Å². The first-order valence-electron chi connectivity index (χ1n) is 5.48. The fourth-order valence-corrected chi connectivity index (χ4v) is 3.05. The van der Waals surface area contributed by atoms with Crippen molar-refractivity contribution in [2.45, 2.75) is 19.4 Å². The normalized spacial score (nSPS) is 20.2. The van der Waals surface area contributed by atoms with Gasteiger partial charge in [0.1, 0.15) is 6.04 Å². The Kier molecular flexibility index (Phi) is 3.89. The molecule has 90 valence electrons. The second-order valence-corrected chi connectivity index (χ2v) is 5.33. The molecule has 0 radical (unpaired) electrons. The molecule has 1 aliphatic rings. The molecule has 0 amide bonds. The van der Waals surface area contributed by atoms with Gasteiger partial charge in [-0.15, -0.1) is 11.3 Å². The lowest BCUT2D eigenvalue weighted by molar-refractivity contribution is 0.0200. The van der Waals surface area contributed by atoms with Crippen LogP contribution in [-0.2, 0) is 0 Å². The summed E-state index contributed by atoms with van der Waals surface area (Å²) < 4.78 is 26.2. The molecule has 5 heteroatoms. The van der Waals surface area contributed by atoms with Crippen molar-refractivity contribution in [3.8, 4) is 0 Å². The second kappa shape index (κ2) is 5.21. The predicted molar refractivity (Wildman–Crippen MR) is 62.2 cm³/mol. The summed E-state index contributed by atoms with van der Waals surface area (Å²) in [5.41, 5.74) is 0. The molecule has 0 unspecified atom stereocenters. The van der Waals surface area contributed by atoms with Crippen molar-refractivity contribution in [3.63, 3.8) is 0 Å². The zero-order chi connectivity index (χ0) is 11.5. The molecule has 1 aromatic rings. The fraction of sp³-hybridized carbons (Fsp3) is 0.636. The van der Waals surface area contributed by atoms with Gasteiger partial charge in [-0.25, -0.2) is 8.78 Å². The summed E-state index contributed by atoms with van der Waals surface area (Å²) in [6, 6.07) is 3.02. The predicted octanol–water partition coefficient (Wildman–Crippen LogP) is 2.27. The van der Waals surface area contributed by atoms with Crippen LogP contribution >= 0.6 is 11.3 Å². The summed E-state index contributed by atoms with van der Waals surface area (Å²) in [6.07, 6.45) is -2.31. The third-order valence-electron chi connectivity index (χ3n) is 2.84. The van der Waals surface area contributed by atoms with Gasteiger partial charge in [0.15, 0.2) is 0 Å². The molecule has 1 aliphatic heterocycles. The summed E-state index contributed by atoms with van der Waals surface area (Å²) in [6.45, 7) is 4.95. The van der Waals surface area contributed by atoms with E-state index in [4.69, 9.17) is 0 Å². The van der Waals surface area contributed by atoms with Gasteiger partial charge in [-0.1, -0.05) is 0 Å². The molecule has 0 spiro atoms. The van der Waals surface area contributed by atoms with Crippen molar-refractivity contribution < 1.29 is 8.78 Å². The molecule has 0 bridgehead atoms. The van der Waals surface area contributed by atoms with Gasteiger partial charge < -0.3 is 5.32 Å². The molecule has 2 heterocycles. The molecular formula is C11H16F2N2S. The highest BCUT2D eigenvalue weighted by Crippen LogP contribution is 2.32. The summed E-state index contributed by atoms with van der Waals surface area (Å²) >= 11 is 1.48. The van der Waals surface area contributed by atoms with E-state index < -0.39 is 12.5 Å². The Hall–Kier alpha value is -0.520. The number of piperazine rings is 1. The number of rotatable bonds is 3. The van der Waals surface area contributed by atoms with E-state index in [2.05, 4.69) is 5.32 Å². The van der Waals surface area contributed by atoms with Gasteiger partial charge in [0.2, 0.25) is 0 Å². The molecule has 1 fully saturated rings. The third-order valence-corrected chi connectivity index (χ3v) is 3.91. The highest BCUT2D eigenvalue weighted by Gasteiger charge is 2.30. The third kappa shape index (κ3) is 2.59. The quantitative estimate of drug-likeness (QED) is 0.880. The van der Waals surface area contributed by atoms with Crippen LogP contribution in [0.5, 0.6) is 0 Å². The monoisotopic (exact) mass is 246 g/mol. The van der Waals surface area contributed by atoms with E-state index >= 15 is 0 Å². The lowest BCUT2D eigenvalue weighted by Gasteiger charge is -2.33. The highest BCUT2D eigenvalue weighted by molar-refractivity contribution is 7.12. The van der Waals surface area contributed by atoms with Crippen LogP contribution in [0.2, 0.25) is 0 Å². The van der Waals surface area contributed by atoms with E-state index in [0.29, 0.717) is 13.1 Å². The van der Waals surface area contributed by atoms with Crippen LogP contribution in [0.4, 0.5) is 8.78 Å². The van der Waals surface area contributed by atoms with Crippen LogP contribution in [0.25, 0.3) is 0 Å². The highest BCUT2D eigenvalue weighted by atomic mass is 32.1. The van der Waals surface area contributed by atoms with Gasteiger partial charge in [-0.3, -0.25) is 4.90 Å². The van der Waals surface area contributed by atoms with Crippen LogP contribution < -0.4 is 5.32 Å². The van der Waals surface area contributed by atoms with Crippen molar-refractivity contribution in [2.75, 3.05) is 26.2 Å². The lowest BCUT2D eigenvalue weighted by atomic mass is 10.2. The number of aryl methyl sites for hydroxylation is 1. The summed E-state index contributed by atoms with van der Waals surface area (Å²) in [5, 5.41) is 3.18.